The highest BCUT2D eigenvalue weighted by molar-refractivity contribution is 5.23. The molecule has 4 nitrogen and oxygen atoms in total. The van der Waals surface area contributed by atoms with Gasteiger partial charge in [-0.2, -0.15) is 0 Å². The fraction of sp³-hybridized carbons (Fsp3) is 0.429. The van der Waals surface area contributed by atoms with E-state index in [1.807, 2.05) is 18.5 Å². The van der Waals surface area contributed by atoms with Gasteiger partial charge in [-0.15, -0.1) is 10.2 Å². The van der Waals surface area contributed by atoms with Crippen LogP contribution in [0.4, 0.5) is 0 Å². The largest absolute Gasteiger partial charge is 0.317 e. The molecule has 0 aliphatic heterocycles. The lowest BCUT2D eigenvalue weighted by molar-refractivity contribution is 0.547. The fourth-order valence-corrected chi connectivity index (χ4v) is 1.82. The molecule has 0 unspecified atom stereocenters. The molecular formula is C14H20N4. The van der Waals surface area contributed by atoms with Gasteiger partial charge in [0.15, 0.2) is 0 Å². The van der Waals surface area contributed by atoms with Gasteiger partial charge in [0.05, 0.1) is 6.54 Å². The number of rotatable bonds is 4. The second kappa shape index (κ2) is 5.31. The van der Waals surface area contributed by atoms with Crippen LogP contribution in [0, 0.1) is 13.8 Å². The van der Waals surface area contributed by atoms with Crippen LogP contribution in [0.5, 0.6) is 0 Å². The number of hydrogen-bond donors (Lipinski definition) is 1. The van der Waals surface area contributed by atoms with Gasteiger partial charge in [0.1, 0.15) is 11.6 Å². The van der Waals surface area contributed by atoms with Gasteiger partial charge < -0.3 is 9.88 Å². The SMILES string of the molecule is Cc1ccc([C@H](C)NCc2nnc(C)n2C)cc1. The third kappa shape index (κ3) is 2.76. The molecule has 0 saturated heterocycles. The Morgan fingerprint density at radius 3 is 2.39 bits per heavy atom. The summed E-state index contributed by atoms with van der Waals surface area (Å²) in [5, 5.41) is 11.7. The summed E-state index contributed by atoms with van der Waals surface area (Å²) in [7, 11) is 1.99. The molecular weight excluding hydrogens is 224 g/mol. The lowest BCUT2D eigenvalue weighted by Gasteiger charge is -2.14. The van der Waals surface area contributed by atoms with E-state index < -0.39 is 0 Å². The summed E-state index contributed by atoms with van der Waals surface area (Å²) >= 11 is 0. The minimum atomic E-state index is 0.308. The van der Waals surface area contributed by atoms with Crippen molar-refractivity contribution in [2.45, 2.75) is 33.4 Å². The molecule has 4 heteroatoms. The highest BCUT2D eigenvalue weighted by atomic mass is 15.3. The number of hydrogen-bond acceptors (Lipinski definition) is 3. The maximum Gasteiger partial charge on any atom is 0.146 e. The molecule has 0 bridgehead atoms. The first-order valence-electron chi connectivity index (χ1n) is 6.22. The molecule has 96 valence electrons. The van der Waals surface area contributed by atoms with Gasteiger partial charge in [-0.1, -0.05) is 29.8 Å². The molecule has 2 aromatic rings. The summed E-state index contributed by atoms with van der Waals surface area (Å²) in [5.74, 6) is 1.90. The summed E-state index contributed by atoms with van der Waals surface area (Å²) in [4.78, 5) is 0. The zero-order valence-corrected chi connectivity index (χ0v) is 11.4. The molecule has 0 aliphatic rings. The predicted molar refractivity (Wildman–Crippen MR) is 72.2 cm³/mol. The van der Waals surface area contributed by atoms with Crippen LogP contribution in [-0.2, 0) is 13.6 Å². The van der Waals surface area contributed by atoms with Crippen molar-refractivity contribution < 1.29 is 0 Å². The standard InChI is InChI=1S/C14H20N4/c1-10-5-7-13(8-6-10)11(2)15-9-14-17-16-12(3)18(14)4/h5-8,11,15H,9H2,1-4H3/t11-/m0/s1. The zero-order chi connectivity index (χ0) is 13.1. The summed E-state index contributed by atoms with van der Waals surface area (Å²) in [6.45, 7) is 6.95. The summed E-state index contributed by atoms with van der Waals surface area (Å²) in [6, 6.07) is 8.91. The molecule has 18 heavy (non-hydrogen) atoms. The molecule has 0 amide bonds. The van der Waals surface area contributed by atoms with Crippen molar-refractivity contribution in [3.63, 3.8) is 0 Å². The smallest absolute Gasteiger partial charge is 0.146 e. The third-order valence-electron chi connectivity index (χ3n) is 3.33. The Balaban J connectivity index is 1.98. The minimum Gasteiger partial charge on any atom is -0.317 e. The van der Waals surface area contributed by atoms with Crippen molar-refractivity contribution in [2.75, 3.05) is 0 Å². The first-order chi connectivity index (χ1) is 8.58. The van der Waals surface area contributed by atoms with Crippen LogP contribution in [0.15, 0.2) is 24.3 Å². The van der Waals surface area contributed by atoms with Crippen molar-refractivity contribution in [3.05, 3.63) is 47.0 Å². The third-order valence-corrected chi connectivity index (χ3v) is 3.33. The predicted octanol–water partition coefficient (Wildman–Crippen LogP) is 2.28. The zero-order valence-electron chi connectivity index (χ0n) is 11.4. The topological polar surface area (TPSA) is 42.7 Å². The number of nitrogens with zero attached hydrogens (tertiary/aromatic N) is 3. The van der Waals surface area contributed by atoms with Crippen molar-refractivity contribution in [2.24, 2.45) is 7.05 Å². The maximum absolute atomic E-state index is 4.15. The lowest BCUT2D eigenvalue weighted by Crippen LogP contribution is -2.20. The molecule has 2 rings (SSSR count). The molecule has 0 radical (unpaired) electrons. The molecule has 1 atom stereocenters. The number of aryl methyl sites for hydroxylation is 2. The van der Waals surface area contributed by atoms with Crippen LogP contribution in [0.25, 0.3) is 0 Å². The molecule has 0 fully saturated rings. The van der Waals surface area contributed by atoms with Crippen LogP contribution in [0.2, 0.25) is 0 Å². The summed E-state index contributed by atoms with van der Waals surface area (Å²) < 4.78 is 2.01. The Morgan fingerprint density at radius 1 is 1.17 bits per heavy atom. The van der Waals surface area contributed by atoms with Crippen LogP contribution in [0.1, 0.15) is 35.7 Å². The minimum absolute atomic E-state index is 0.308. The van der Waals surface area contributed by atoms with E-state index in [0.29, 0.717) is 6.04 Å². The van der Waals surface area contributed by atoms with Gasteiger partial charge in [-0.3, -0.25) is 0 Å². The van der Waals surface area contributed by atoms with Gasteiger partial charge in [0.25, 0.3) is 0 Å². The highest BCUT2D eigenvalue weighted by Crippen LogP contribution is 2.13. The van der Waals surface area contributed by atoms with E-state index in [-0.39, 0.29) is 0 Å². The van der Waals surface area contributed by atoms with Crippen molar-refractivity contribution >= 4 is 0 Å². The lowest BCUT2D eigenvalue weighted by atomic mass is 10.1. The van der Waals surface area contributed by atoms with E-state index in [2.05, 4.69) is 53.6 Å². The van der Waals surface area contributed by atoms with E-state index in [1.54, 1.807) is 0 Å². The average Bonchev–Trinajstić information content (AvgIpc) is 2.68. The van der Waals surface area contributed by atoms with Gasteiger partial charge in [0, 0.05) is 13.1 Å². The van der Waals surface area contributed by atoms with E-state index in [9.17, 15) is 0 Å². The molecule has 1 N–H and O–H groups in total. The highest BCUT2D eigenvalue weighted by Gasteiger charge is 2.08. The summed E-state index contributed by atoms with van der Waals surface area (Å²) in [6.07, 6.45) is 0. The monoisotopic (exact) mass is 244 g/mol. The molecule has 1 aromatic carbocycles. The van der Waals surface area contributed by atoms with Gasteiger partial charge >= 0.3 is 0 Å². The number of aromatic nitrogens is 3. The Morgan fingerprint density at radius 2 is 1.83 bits per heavy atom. The molecule has 1 aromatic heterocycles. The maximum atomic E-state index is 4.15. The van der Waals surface area contributed by atoms with E-state index >= 15 is 0 Å². The molecule has 1 heterocycles. The normalized spacial score (nSPS) is 12.7. The first kappa shape index (κ1) is 12.8. The Hall–Kier alpha value is -1.68. The average molecular weight is 244 g/mol. The quantitative estimate of drug-likeness (QED) is 0.897. The van der Waals surface area contributed by atoms with Gasteiger partial charge in [0.2, 0.25) is 0 Å². The molecule has 0 aliphatic carbocycles. The van der Waals surface area contributed by atoms with E-state index in [0.717, 1.165) is 18.2 Å². The van der Waals surface area contributed by atoms with E-state index in [1.165, 1.54) is 11.1 Å². The van der Waals surface area contributed by atoms with Crippen molar-refractivity contribution in [1.82, 2.24) is 20.1 Å². The first-order valence-corrected chi connectivity index (χ1v) is 6.22. The van der Waals surface area contributed by atoms with Crippen LogP contribution in [0.3, 0.4) is 0 Å². The van der Waals surface area contributed by atoms with Gasteiger partial charge in [-0.05, 0) is 26.3 Å². The fourth-order valence-electron chi connectivity index (χ4n) is 1.82. The molecule has 0 spiro atoms. The second-order valence-corrected chi connectivity index (χ2v) is 4.74. The van der Waals surface area contributed by atoms with E-state index in [4.69, 9.17) is 0 Å². The Kier molecular flexibility index (Phi) is 3.77. The van der Waals surface area contributed by atoms with Gasteiger partial charge in [-0.25, -0.2) is 0 Å². The second-order valence-electron chi connectivity index (χ2n) is 4.74. The van der Waals surface area contributed by atoms with Crippen LogP contribution >= 0.6 is 0 Å². The number of nitrogens with one attached hydrogen (secondary N) is 1. The van der Waals surface area contributed by atoms with Crippen molar-refractivity contribution in [3.8, 4) is 0 Å². The summed E-state index contributed by atoms with van der Waals surface area (Å²) in [5.41, 5.74) is 2.58. The number of benzene rings is 1. The Labute approximate surface area is 108 Å². The Bertz CT molecular complexity index is 513. The van der Waals surface area contributed by atoms with Crippen molar-refractivity contribution in [1.29, 1.82) is 0 Å². The van der Waals surface area contributed by atoms with Crippen LogP contribution < -0.4 is 5.32 Å². The van der Waals surface area contributed by atoms with Crippen LogP contribution in [-0.4, -0.2) is 14.8 Å². The molecule has 0 saturated carbocycles.